The molecule has 3 aromatic rings. The largest absolute Gasteiger partial charge is 0.492 e. The molecule has 0 spiro atoms. The van der Waals surface area contributed by atoms with Crippen LogP contribution < -0.4 is 4.74 Å². The molecule has 0 atom stereocenters. The van der Waals surface area contributed by atoms with E-state index in [1.807, 2.05) is 18.2 Å². The summed E-state index contributed by atoms with van der Waals surface area (Å²) in [5, 5.41) is 4.92. The molecule has 26 heavy (non-hydrogen) atoms. The van der Waals surface area contributed by atoms with E-state index in [9.17, 15) is 4.79 Å². The summed E-state index contributed by atoms with van der Waals surface area (Å²) < 4.78 is 7.32. The lowest BCUT2D eigenvalue weighted by Gasteiger charge is -2.18. The summed E-state index contributed by atoms with van der Waals surface area (Å²) >= 11 is 5.84. The van der Waals surface area contributed by atoms with Gasteiger partial charge in [0, 0.05) is 36.2 Å². The Kier molecular flexibility index (Phi) is 5.86. The van der Waals surface area contributed by atoms with Crippen LogP contribution in [0.1, 0.15) is 0 Å². The predicted octanol–water partition coefficient (Wildman–Crippen LogP) is 3.14. The summed E-state index contributed by atoms with van der Waals surface area (Å²) in [6.07, 6.45) is 5.12. The molecule has 7 heteroatoms. The number of nitrogens with zero attached hydrogens (tertiary/aromatic N) is 4. The van der Waals surface area contributed by atoms with E-state index in [2.05, 4.69) is 10.1 Å². The van der Waals surface area contributed by atoms with Gasteiger partial charge in [0.05, 0.1) is 12.2 Å². The lowest BCUT2D eigenvalue weighted by Crippen LogP contribution is -2.34. The van der Waals surface area contributed by atoms with Crippen LogP contribution in [0.4, 0.5) is 0 Å². The molecular weight excluding hydrogens is 352 g/mol. The second-order valence-corrected chi connectivity index (χ2v) is 6.16. The number of likely N-dealkylation sites (N-methyl/N-ethyl adjacent to an activating group) is 1. The van der Waals surface area contributed by atoms with Gasteiger partial charge in [-0.3, -0.25) is 14.5 Å². The van der Waals surface area contributed by atoms with Gasteiger partial charge in [0.1, 0.15) is 18.9 Å². The Morgan fingerprint density at radius 3 is 2.58 bits per heavy atom. The predicted molar refractivity (Wildman–Crippen MR) is 100 cm³/mol. The van der Waals surface area contributed by atoms with E-state index in [1.54, 1.807) is 59.5 Å². The maximum Gasteiger partial charge on any atom is 0.244 e. The van der Waals surface area contributed by atoms with Gasteiger partial charge >= 0.3 is 0 Å². The van der Waals surface area contributed by atoms with Crippen molar-refractivity contribution in [1.29, 1.82) is 0 Å². The smallest absolute Gasteiger partial charge is 0.244 e. The maximum absolute atomic E-state index is 12.5. The number of ether oxygens (including phenoxy) is 1. The van der Waals surface area contributed by atoms with Crippen molar-refractivity contribution >= 4 is 17.5 Å². The van der Waals surface area contributed by atoms with E-state index >= 15 is 0 Å². The van der Waals surface area contributed by atoms with Gasteiger partial charge < -0.3 is 9.64 Å². The zero-order valence-corrected chi connectivity index (χ0v) is 15.1. The molecule has 0 aliphatic rings. The molecule has 3 rings (SSSR count). The van der Waals surface area contributed by atoms with E-state index in [0.717, 1.165) is 17.0 Å². The Morgan fingerprint density at radius 1 is 1.12 bits per heavy atom. The van der Waals surface area contributed by atoms with Crippen LogP contribution in [0.5, 0.6) is 5.75 Å². The Bertz CT molecular complexity index is 849. The molecule has 134 valence electrons. The van der Waals surface area contributed by atoms with Crippen LogP contribution >= 0.6 is 11.6 Å². The van der Waals surface area contributed by atoms with Gasteiger partial charge in [-0.05, 0) is 42.5 Å². The average molecular weight is 371 g/mol. The van der Waals surface area contributed by atoms with Crippen LogP contribution in [0.25, 0.3) is 11.3 Å². The SMILES string of the molecule is CN(CCOc1ccc(Cl)cc1)C(=O)Cn1nccc1-c1ccncc1. The van der Waals surface area contributed by atoms with Crippen molar-refractivity contribution in [3.8, 4) is 17.0 Å². The van der Waals surface area contributed by atoms with Gasteiger partial charge in [-0.1, -0.05) is 11.6 Å². The third-order valence-electron chi connectivity index (χ3n) is 3.91. The molecule has 0 saturated heterocycles. The molecule has 1 aromatic carbocycles. The fraction of sp³-hybridized carbons (Fsp3) is 0.211. The molecule has 0 aliphatic heterocycles. The molecule has 0 unspecified atom stereocenters. The van der Waals surface area contributed by atoms with Crippen LogP contribution in [0.15, 0.2) is 61.1 Å². The highest BCUT2D eigenvalue weighted by Crippen LogP contribution is 2.18. The molecule has 0 aliphatic carbocycles. The van der Waals surface area contributed by atoms with Crippen molar-refractivity contribution in [1.82, 2.24) is 19.7 Å². The van der Waals surface area contributed by atoms with Crippen LogP contribution in [-0.4, -0.2) is 45.8 Å². The van der Waals surface area contributed by atoms with E-state index < -0.39 is 0 Å². The van der Waals surface area contributed by atoms with Gasteiger partial charge in [-0.15, -0.1) is 0 Å². The summed E-state index contributed by atoms with van der Waals surface area (Å²) in [6, 6.07) is 12.8. The Labute approximate surface area is 157 Å². The summed E-state index contributed by atoms with van der Waals surface area (Å²) in [6.45, 7) is 1.05. The average Bonchev–Trinajstić information content (AvgIpc) is 3.12. The number of pyridine rings is 1. The summed E-state index contributed by atoms with van der Waals surface area (Å²) in [5.41, 5.74) is 1.85. The monoisotopic (exact) mass is 370 g/mol. The first kappa shape index (κ1) is 17.9. The molecule has 0 bridgehead atoms. The topological polar surface area (TPSA) is 60.2 Å². The highest BCUT2D eigenvalue weighted by atomic mass is 35.5. The molecule has 0 radical (unpaired) electrons. The standard InChI is InChI=1S/C19H19ClN4O2/c1-23(12-13-26-17-4-2-16(20)3-5-17)19(25)14-24-18(8-11-22-24)15-6-9-21-10-7-15/h2-11H,12-14H2,1H3. The second-order valence-electron chi connectivity index (χ2n) is 5.73. The Morgan fingerprint density at radius 2 is 1.85 bits per heavy atom. The van der Waals surface area contributed by atoms with Gasteiger partial charge in [0.25, 0.3) is 0 Å². The number of aromatic nitrogens is 3. The Hall–Kier alpha value is -2.86. The van der Waals surface area contributed by atoms with E-state index in [-0.39, 0.29) is 12.5 Å². The van der Waals surface area contributed by atoms with Gasteiger partial charge in [-0.2, -0.15) is 5.10 Å². The number of benzene rings is 1. The van der Waals surface area contributed by atoms with Gasteiger partial charge in [0.2, 0.25) is 5.91 Å². The molecule has 1 amide bonds. The van der Waals surface area contributed by atoms with E-state index in [4.69, 9.17) is 16.3 Å². The molecular formula is C19H19ClN4O2. The van der Waals surface area contributed by atoms with Crippen molar-refractivity contribution in [2.24, 2.45) is 0 Å². The lowest BCUT2D eigenvalue weighted by molar-refractivity contribution is -0.131. The van der Waals surface area contributed by atoms with E-state index in [0.29, 0.717) is 18.2 Å². The molecule has 0 saturated carbocycles. The molecule has 6 nitrogen and oxygen atoms in total. The minimum Gasteiger partial charge on any atom is -0.492 e. The van der Waals surface area contributed by atoms with Crippen LogP contribution in [0, 0.1) is 0 Å². The minimum absolute atomic E-state index is 0.0382. The third kappa shape index (κ3) is 4.61. The maximum atomic E-state index is 12.5. The van der Waals surface area contributed by atoms with E-state index in [1.165, 1.54) is 0 Å². The first-order valence-electron chi connectivity index (χ1n) is 8.18. The first-order chi connectivity index (χ1) is 12.6. The van der Waals surface area contributed by atoms with Crippen molar-refractivity contribution in [3.05, 3.63) is 66.1 Å². The van der Waals surface area contributed by atoms with Crippen molar-refractivity contribution in [3.63, 3.8) is 0 Å². The number of amides is 1. The molecule has 0 fully saturated rings. The highest BCUT2D eigenvalue weighted by molar-refractivity contribution is 6.30. The lowest BCUT2D eigenvalue weighted by atomic mass is 10.2. The second kappa shape index (κ2) is 8.49. The number of carbonyl (C=O) groups excluding carboxylic acids is 1. The minimum atomic E-state index is -0.0382. The normalized spacial score (nSPS) is 10.5. The van der Waals surface area contributed by atoms with Gasteiger partial charge in [0.15, 0.2) is 0 Å². The zero-order chi connectivity index (χ0) is 18.4. The number of hydrogen-bond acceptors (Lipinski definition) is 4. The first-order valence-corrected chi connectivity index (χ1v) is 8.56. The van der Waals surface area contributed by atoms with Crippen molar-refractivity contribution < 1.29 is 9.53 Å². The quantitative estimate of drug-likeness (QED) is 0.641. The number of hydrogen-bond donors (Lipinski definition) is 0. The molecule has 2 heterocycles. The van der Waals surface area contributed by atoms with Crippen molar-refractivity contribution in [2.75, 3.05) is 20.2 Å². The fourth-order valence-electron chi connectivity index (χ4n) is 2.43. The third-order valence-corrected chi connectivity index (χ3v) is 4.16. The fourth-order valence-corrected chi connectivity index (χ4v) is 2.56. The Balaban J connectivity index is 1.53. The highest BCUT2D eigenvalue weighted by Gasteiger charge is 2.13. The van der Waals surface area contributed by atoms with Crippen molar-refractivity contribution in [2.45, 2.75) is 6.54 Å². The summed E-state index contributed by atoms with van der Waals surface area (Å²) in [5.74, 6) is 0.686. The van der Waals surface area contributed by atoms with Gasteiger partial charge in [-0.25, -0.2) is 0 Å². The number of rotatable bonds is 7. The van der Waals surface area contributed by atoms with Crippen LogP contribution in [-0.2, 0) is 11.3 Å². The van der Waals surface area contributed by atoms with Crippen LogP contribution in [0.2, 0.25) is 5.02 Å². The number of carbonyl (C=O) groups is 1. The summed E-state index contributed by atoms with van der Waals surface area (Å²) in [4.78, 5) is 18.1. The zero-order valence-electron chi connectivity index (χ0n) is 14.4. The molecule has 0 N–H and O–H groups in total. The molecule has 2 aromatic heterocycles. The van der Waals surface area contributed by atoms with Crippen LogP contribution in [0.3, 0.4) is 0 Å². The number of halogens is 1. The summed E-state index contributed by atoms with van der Waals surface area (Å²) in [7, 11) is 1.75.